The van der Waals surface area contributed by atoms with Gasteiger partial charge >= 0.3 is 5.97 Å². The largest absolute Gasteiger partial charge is 0.485 e. The third kappa shape index (κ3) is 2.89. The molecule has 1 heterocycles. The summed E-state index contributed by atoms with van der Waals surface area (Å²) in [5, 5.41) is 9.18. The second-order valence-electron chi connectivity index (χ2n) is 4.69. The first kappa shape index (κ1) is 13.2. The summed E-state index contributed by atoms with van der Waals surface area (Å²) < 4.78 is 11.3. The van der Waals surface area contributed by atoms with Crippen molar-refractivity contribution >= 4 is 12.0 Å². The average Bonchev–Trinajstić information content (AvgIpc) is 2.53. The smallest absolute Gasteiger partial charge is 0.335 e. The Morgan fingerprint density at radius 1 is 1.24 bits per heavy atom. The van der Waals surface area contributed by atoms with Gasteiger partial charge in [0.05, 0.1) is 5.56 Å². The number of hydrogen-bond acceptors (Lipinski definition) is 3. The summed E-state index contributed by atoms with van der Waals surface area (Å²) in [7, 11) is 0. The van der Waals surface area contributed by atoms with E-state index in [1.165, 1.54) is 6.07 Å². The quantitative estimate of drug-likeness (QED) is 0.934. The molecule has 1 N–H and O–H groups in total. The van der Waals surface area contributed by atoms with E-state index in [1.807, 2.05) is 42.5 Å². The lowest BCUT2D eigenvalue weighted by Crippen LogP contribution is -2.07. The van der Waals surface area contributed by atoms with Crippen LogP contribution in [0, 0.1) is 0 Å². The molecule has 2 aromatic carbocycles. The highest BCUT2D eigenvalue weighted by molar-refractivity contribution is 5.90. The fourth-order valence-corrected chi connectivity index (χ4v) is 2.17. The van der Waals surface area contributed by atoms with Gasteiger partial charge in [0.15, 0.2) is 11.5 Å². The van der Waals surface area contributed by atoms with Gasteiger partial charge in [-0.25, -0.2) is 4.79 Å². The summed E-state index contributed by atoms with van der Waals surface area (Å²) in [5.74, 6) is 0.0675. The second kappa shape index (κ2) is 5.71. The molecule has 0 unspecified atom stereocenters. The van der Waals surface area contributed by atoms with E-state index in [-0.39, 0.29) is 5.56 Å². The zero-order valence-electron chi connectivity index (χ0n) is 11.3. The van der Waals surface area contributed by atoms with Crippen LogP contribution in [0.25, 0.3) is 6.08 Å². The molecular formula is C17H14O4. The molecule has 106 valence electrons. The molecule has 0 amide bonds. The van der Waals surface area contributed by atoms with Gasteiger partial charge in [-0.15, -0.1) is 0 Å². The van der Waals surface area contributed by atoms with E-state index in [1.54, 1.807) is 6.07 Å². The molecule has 2 aromatic rings. The van der Waals surface area contributed by atoms with Gasteiger partial charge in [0.1, 0.15) is 13.2 Å². The number of hydrogen-bond donors (Lipinski definition) is 1. The second-order valence-corrected chi connectivity index (χ2v) is 4.69. The molecule has 0 atom stereocenters. The highest BCUT2D eigenvalue weighted by Gasteiger charge is 2.17. The Bertz CT molecular complexity index is 689. The highest BCUT2D eigenvalue weighted by atomic mass is 16.5. The van der Waals surface area contributed by atoms with Gasteiger partial charge in [-0.2, -0.15) is 0 Å². The van der Waals surface area contributed by atoms with E-state index in [4.69, 9.17) is 9.47 Å². The van der Waals surface area contributed by atoms with Crippen LogP contribution >= 0.6 is 0 Å². The molecule has 0 spiro atoms. The SMILES string of the molecule is O=C(O)c1cc2c(c(OCc3ccccc3)c1)OCC=C2. The maximum atomic E-state index is 11.2. The zero-order valence-corrected chi connectivity index (χ0v) is 11.3. The first-order valence-corrected chi connectivity index (χ1v) is 6.61. The minimum Gasteiger partial charge on any atom is -0.485 e. The third-order valence-electron chi connectivity index (χ3n) is 3.19. The van der Waals surface area contributed by atoms with Crippen LogP contribution < -0.4 is 9.47 Å². The lowest BCUT2D eigenvalue weighted by molar-refractivity contribution is 0.0696. The summed E-state index contributed by atoms with van der Waals surface area (Å²) in [6.45, 7) is 0.824. The molecule has 4 nitrogen and oxygen atoms in total. The Morgan fingerprint density at radius 2 is 2.05 bits per heavy atom. The van der Waals surface area contributed by atoms with E-state index in [9.17, 15) is 9.90 Å². The van der Waals surface area contributed by atoms with Crippen molar-refractivity contribution in [1.82, 2.24) is 0 Å². The fourth-order valence-electron chi connectivity index (χ4n) is 2.17. The van der Waals surface area contributed by atoms with Gasteiger partial charge in [0, 0.05) is 5.56 Å². The summed E-state index contributed by atoms with van der Waals surface area (Å²) >= 11 is 0. The molecule has 4 heteroatoms. The van der Waals surface area contributed by atoms with E-state index in [0.29, 0.717) is 24.7 Å². The van der Waals surface area contributed by atoms with Crippen LogP contribution in [0.1, 0.15) is 21.5 Å². The number of carbonyl (C=O) groups is 1. The van der Waals surface area contributed by atoms with Crippen molar-refractivity contribution in [2.75, 3.05) is 6.61 Å². The Morgan fingerprint density at radius 3 is 2.81 bits per heavy atom. The number of aromatic carboxylic acids is 1. The minimum atomic E-state index is -0.985. The van der Waals surface area contributed by atoms with Crippen molar-refractivity contribution in [2.24, 2.45) is 0 Å². The monoisotopic (exact) mass is 282 g/mol. The van der Waals surface area contributed by atoms with Crippen LogP contribution in [0.4, 0.5) is 0 Å². The number of rotatable bonds is 4. The molecule has 1 aliphatic rings. The lowest BCUT2D eigenvalue weighted by Gasteiger charge is -2.18. The van der Waals surface area contributed by atoms with Crippen LogP contribution in [0.2, 0.25) is 0 Å². The van der Waals surface area contributed by atoms with Gasteiger partial charge < -0.3 is 14.6 Å². The Balaban J connectivity index is 1.91. The maximum absolute atomic E-state index is 11.2. The summed E-state index contributed by atoms with van der Waals surface area (Å²) in [5.41, 5.74) is 1.93. The van der Waals surface area contributed by atoms with Gasteiger partial charge in [0.2, 0.25) is 0 Å². The Kier molecular flexibility index (Phi) is 3.60. The van der Waals surface area contributed by atoms with E-state index in [0.717, 1.165) is 11.1 Å². The first-order chi connectivity index (χ1) is 10.2. The number of carboxylic acids is 1. The van der Waals surface area contributed by atoms with E-state index in [2.05, 4.69) is 0 Å². The van der Waals surface area contributed by atoms with Gasteiger partial charge in [-0.05, 0) is 23.8 Å². The zero-order chi connectivity index (χ0) is 14.7. The number of benzene rings is 2. The number of ether oxygens (including phenoxy) is 2. The molecular weight excluding hydrogens is 268 g/mol. The molecule has 21 heavy (non-hydrogen) atoms. The van der Waals surface area contributed by atoms with Crippen molar-refractivity contribution in [3.05, 3.63) is 65.2 Å². The van der Waals surface area contributed by atoms with Crippen molar-refractivity contribution < 1.29 is 19.4 Å². The predicted octanol–water partition coefficient (Wildman–Crippen LogP) is 3.37. The van der Waals surface area contributed by atoms with Gasteiger partial charge in [-0.1, -0.05) is 36.4 Å². The van der Waals surface area contributed by atoms with Crippen LogP contribution in [0.3, 0.4) is 0 Å². The molecule has 0 radical (unpaired) electrons. The predicted molar refractivity (Wildman–Crippen MR) is 78.7 cm³/mol. The van der Waals surface area contributed by atoms with E-state index < -0.39 is 5.97 Å². The number of fused-ring (bicyclic) bond motifs is 1. The van der Waals surface area contributed by atoms with Crippen molar-refractivity contribution in [1.29, 1.82) is 0 Å². The summed E-state index contributed by atoms with van der Waals surface area (Å²) in [6, 6.07) is 12.8. The van der Waals surface area contributed by atoms with Crippen molar-refractivity contribution in [3.8, 4) is 11.5 Å². The molecule has 0 saturated carbocycles. The lowest BCUT2D eigenvalue weighted by atomic mass is 10.1. The molecule has 1 aliphatic heterocycles. The topological polar surface area (TPSA) is 55.8 Å². The maximum Gasteiger partial charge on any atom is 0.335 e. The summed E-state index contributed by atoms with van der Waals surface area (Å²) in [6.07, 6.45) is 3.69. The molecule has 0 bridgehead atoms. The van der Waals surface area contributed by atoms with Crippen LogP contribution in [-0.2, 0) is 6.61 Å². The van der Waals surface area contributed by atoms with Crippen molar-refractivity contribution in [3.63, 3.8) is 0 Å². The van der Waals surface area contributed by atoms with Crippen LogP contribution in [-0.4, -0.2) is 17.7 Å². The highest BCUT2D eigenvalue weighted by Crippen LogP contribution is 2.36. The average molecular weight is 282 g/mol. The standard InChI is InChI=1S/C17H14O4/c18-17(19)14-9-13-7-4-8-20-16(13)15(10-14)21-11-12-5-2-1-3-6-12/h1-7,9-10H,8,11H2,(H,18,19). The minimum absolute atomic E-state index is 0.187. The van der Waals surface area contributed by atoms with Crippen LogP contribution in [0.5, 0.6) is 11.5 Å². The van der Waals surface area contributed by atoms with E-state index >= 15 is 0 Å². The normalized spacial score (nSPS) is 12.4. The fraction of sp³-hybridized carbons (Fsp3) is 0.118. The molecule has 0 aromatic heterocycles. The molecule has 0 fully saturated rings. The Hall–Kier alpha value is -2.75. The van der Waals surface area contributed by atoms with Gasteiger partial charge in [0.25, 0.3) is 0 Å². The summed E-state index contributed by atoms with van der Waals surface area (Å²) in [4.78, 5) is 11.2. The molecule has 0 saturated heterocycles. The molecule has 3 rings (SSSR count). The third-order valence-corrected chi connectivity index (χ3v) is 3.19. The number of carboxylic acid groups (broad SMARTS) is 1. The van der Waals surface area contributed by atoms with Gasteiger partial charge in [-0.3, -0.25) is 0 Å². The van der Waals surface area contributed by atoms with Crippen LogP contribution in [0.15, 0.2) is 48.5 Å². The first-order valence-electron chi connectivity index (χ1n) is 6.61. The van der Waals surface area contributed by atoms with Crippen molar-refractivity contribution in [2.45, 2.75) is 6.61 Å². The molecule has 0 aliphatic carbocycles. The Labute approximate surface area is 122 Å².